The number of hydrogen-bond donors (Lipinski definition) is 1. The van der Waals surface area contributed by atoms with Crippen LogP contribution in [0, 0.1) is 6.92 Å². The van der Waals surface area contributed by atoms with Gasteiger partial charge >= 0.3 is 5.97 Å². The maximum atomic E-state index is 11.7. The molecule has 1 N–H and O–H groups in total. The Morgan fingerprint density at radius 1 is 1.39 bits per heavy atom. The van der Waals surface area contributed by atoms with Crippen LogP contribution in [0.1, 0.15) is 11.5 Å². The molecule has 2 aromatic heterocycles. The Morgan fingerprint density at radius 2 is 2.17 bits per heavy atom. The number of amides is 1. The van der Waals surface area contributed by atoms with E-state index in [0.717, 1.165) is 6.08 Å². The van der Waals surface area contributed by atoms with Crippen LogP contribution in [0.5, 0.6) is 0 Å². The van der Waals surface area contributed by atoms with E-state index in [1.165, 1.54) is 18.4 Å². The summed E-state index contributed by atoms with van der Waals surface area (Å²) in [5.74, 6) is -0.594. The number of carbonyl (C=O) groups excluding carboxylic acids is 2. The lowest BCUT2D eigenvalue weighted by Crippen LogP contribution is -2.21. The van der Waals surface area contributed by atoms with Gasteiger partial charge in [0.1, 0.15) is 5.76 Å². The van der Waals surface area contributed by atoms with Gasteiger partial charge in [0.05, 0.1) is 22.0 Å². The van der Waals surface area contributed by atoms with Crippen LogP contribution in [0.25, 0.3) is 6.08 Å². The van der Waals surface area contributed by atoms with E-state index in [4.69, 9.17) is 32.4 Å². The van der Waals surface area contributed by atoms with Crippen molar-refractivity contribution in [3.8, 4) is 0 Å². The molecule has 0 saturated carbocycles. The Kier molecular flexibility index (Phi) is 5.78. The lowest BCUT2D eigenvalue weighted by atomic mass is 10.3. The van der Waals surface area contributed by atoms with Crippen molar-refractivity contribution >= 4 is 47.0 Å². The van der Waals surface area contributed by atoms with E-state index in [1.54, 1.807) is 19.1 Å². The molecule has 2 rings (SSSR count). The topological polar surface area (TPSA) is 81.4 Å². The molecule has 0 aliphatic rings. The number of halogens is 2. The van der Waals surface area contributed by atoms with Gasteiger partial charge in [0.15, 0.2) is 12.4 Å². The predicted octanol–water partition coefficient (Wildman–Crippen LogP) is 3.48. The molecular formula is C15H12Cl2N2O4. The van der Waals surface area contributed by atoms with E-state index in [0.29, 0.717) is 16.5 Å². The van der Waals surface area contributed by atoms with Crippen LogP contribution in [-0.2, 0) is 14.3 Å². The number of aromatic nitrogens is 1. The molecule has 120 valence electrons. The number of carbonyl (C=O) groups is 2. The minimum absolute atomic E-state index is 0.153. The molecule has 0 unspecified atom stereocenters. The van der Waals surface area contributed by atoms with Gasteiger partial charge in [-0.2, -0.15) is 0 Å². The molecule has 2 heterocycles. The zero-order valence-corrected chi connectivity index (χ0v) is 13.5. The first kappa shape index (κ1) is 17.1. The SMILES string of the molecule is Cc1nc(NC(=O)COC(=O)C=Cc2ccco2)c(Cl)cc1Cl. The van der Waals surface area contributed by atoms with Crippen LogP contribution >= 0.6 is 23.2 Å². The molecule has 0 radical (unpaired) electrons. The molecule has 8 heteroatoms. The average molecular weight is 355 g/mol. The van der Waals surface area contributed by atoms with Gasteiger partial charge in [-0.3, -0.25) is 4.79 Å². The summed E-state index contributed by atoms with van der Waals surface area (Å²) in [5, 5.41) is 3.03. The quantitative estimate of drug-likeness (QED) is 0.656. The zero-order chi connectivity index (χ0) is 16.8. The van der Waals surface area contributed by atoms with E-state index in [9.17, 15) is 9.59 Å². The molecule has 0 aromatic carbocycles. The lowest BCUT2D eigenvalue weighted by molar-refractivity contribution is -0.142. The zero-order valence-electron chi connectivity index (χ0n) is 12.0. The monoisotopic (exact) mass is 354 g/mol. The molecule has 0 saturated heterocycles. The second kappa shape index (κ2) is 7.80. The number of rotatable bonds is 5. The molecule has 0 atom stereocenters. The Labute approximate surface area is 142 Å². The molecular weight excluding hydrogens is 343 g/mol. The Hall–Kier alpha value is -2.31. The van der Waals surface area contributed by atoms with Gasteiger partial charge in [0.25, 0.3) is 5.91 Å². The van der Waals surface area contributed by atoms with Crippen molar-refractivity contribution in [3.63, 3.8) is 0 Å². The van der Waals surface area contributed by atoms with Crippen molar-refractivity contribution in [2.24, 2.45) is 0 Å². The Bertz CT molecular complexity index is 742. The van der Waals surface area contributed by atoms with Crippen molar-refractivity contribution in [2.45, 2.75) is 6.92 Å². The number of anilines is 1. The third-order valence-corrected chi connectivity index (χ3v) is 3.31. The van der Waals surface area contributed by atoms with Gasteiger partial charge in [0, 0.05) is 6.08 Å². The van der Waals surface area contributed by atoms with Crippen molar-refractivity contribution in [2.75, 3.05) is 11.9 Å². The van der Waals surface area contributed by atoms with Gasteiger partial charge in [0.2, 0.25) is 0 Å². The van der Waals surface area contributed by atoms with Crippen molar-refractivity contribution < 1.29 is 18.7 Å². The predicted molar refractivity (Wildman–Crippen MR) is 86.3 cm³/mol. The molecule has 0 aliphatic heterocycles. The van der Waals surface area contributed by atoms with Gasteiger partial charge in [-0.25, -0.2) is 9.78 Å². The summed E-state index contributed by atoms with van der Waals surface area (Å²) in [6.07, 6.45) is 4.06. The summed E-state index contributed by atoms with van der Waals surface area (Å²) in [4.78, 5) is 27.3. The largest absolute Gasteiger partial charge is 0.465 e. The van der Waals surface area contributed by atoms with Crippen LogP contribution < -0.4 is 5.32 Å². The number of ether oxygens (including phenoxy) is 1. The number of aryl methyl sites for hydroxylation is 1. The maximum absolute atomic E-state index is 11.7. The molecule has 6 nitrogen and oxygen atoms in total. The summed E-state index contributed by atoms with van der Waals surface area (Å²) in [6.45, 7) is 1.20. The van der Waals surface area contributed by atoms with E-state index < -0.39 is 18.5 Å². The van der Waals surface area contributed by atoms with Gasteiger partial charge in [-0.1, -0.05) is 23.2 Å². The second-order valence-electron chi connectivity index (χ2n) is 4.39. The van der Waals surface area contributed by atoms with Crippen LogP contribution in [0.4, 0.5) is 5.82 Å². The van der Waals surface area contributed by atoms with E-state index in [-0.39, 0.29) is 10.8 Å². The van der Waals surface area contributed by atoms with Crippen LogP contribution in [0.15, 0.2) is 35.0 Å². The normalized spacial score (nSPS) is 10.7. The number of esters is 1. The van der Waals surface area contributed by atoms with Crippen LogP contribution in [-0.4, -0.2) is 23.5 Å². The Morgan fingerprint density at radius 3 is 2.87 bits per heavy atom. The molecule has 2 aromatic rings. The third-order valence-electron chi connectivity index (χ3n) is 2.64. The summed E-state index contributed by atoms with van der Waals surface area (Å²) >= 11 is 11.8. The second-order valence-corrected chi connectivity index (χ2v) is 5.21. The lowest BCUT2D eigenvalue weighted by Gasteiger charge is -2.08. The molecule has 0 fully saturated rings. The van der Waals surface area contributed by atoms with Crippen LogP contribution in [0.3, 0.4) is 0 Å². The third kappa shape index (κ3) is 5.12. The standard InChI is InChI=1S/C15H12Cl2N2O4/c1-9-11(16)7-12(17)15(18-9)19-13(20)8-23-14(21)5-4-10-3-2-6-22-10/h2-7H,8H2,1H3,(H,18,19,20). The minimum Gasteiger partial charge on any atom is -0.465 e. The fraction of sp³-hybridized carbons (Fsp3) is 0.133. The molecule has 0 bridgehead atoms. The summed E-state index contributed by atoms with van der Waals surface area (Å²) in [7, 11) is 0. The van der Waals surface area contributed by atoms with E-state index in [2.05, 4.69) is 10.3 Å². The fourth-order valence-electron chi connectivity index (χ4n) is 1.54. The summed E-state index contributed by atoms with van der Waals surface area (Å²) < 4.78 is 9.81. The first-order chi connectivity index (χ1) is 11.0. The highest BCUT2D eigenvalue weighted by atomic mass is 35.5. The van der Waals surface area contributed by atoms with E-state index >= 15 is 0 Å². The van der Waals surface area contributed by atoms with Gasteiger partial charge in [-0.15, -0.1) is 0 Å². The average Bonchev–Trinajstić information content (AvgIpc) is 3.02. The minimum atomic E-state index is -0.678. The highest BCUT2D eigenvalue weighted by Gasteiger charge is 2.11. The first-order valence-corrected chi connectivity index (χ1v) is 7.22. The molecule has 23 heavy (non-hydrogen) atoms. The van der Waals surface area contributed by atoms with Crippen molar-refractivity contribution in [1.29, 1.82) is 0 Å². The van der Waals surface area contributed by atoms with Crippen molar-refractivity contribution in [1.82, 2.24) is 4.98 Å². The van der Waals surface area contributed by atoms with Crippen LogP contribution in [0.2, 0.25) is 10.0 Å². The number of nitrogens with one attached hydrogen (secondary N) is 1. The maximum Gasteiger partial charge on any atom is 0.331 e. The Balaban J connectivity index is 1.85. The number of furan rings is 1. The smallest absolute Gasteiger partial charge is 0.331 e. The molecule has 1 amide bonds. The highest BCUT2D eigenvalue weighted by molar-refractivity contribution is 6.36. The van der Waals surface area contributed by atoms with E-state index in [1.807, 2.05) is 0 Å². The van der Waals surface area contributed by atoms with Crippen molar-refractivity contribution in [3.05, 3.63) is 52.0 Å². The van der Waals surface area contributed by atoms with Gasteiger partial charge in [-0.05, 0) is 31.2 Å². The summed E-state index contributed by atoms with van der Waals surface area (Å²) in [5.41, 5.74) is 0.518. The number of pyridine rings is 1. The fourth-order valence-corrected chi connectivity index (χ4v) is 1.94. The molecule has 0 spiro atoms. The van der Waals surface area contributed by atoms with Gasteiger partial charge < -0.3 is 14.5 Å². The number of hydrogen-bond acceptors (Lipinski definition) is 5. The highest BCUT2D eigenvalue weighted by Crippen LogP contribution is 2.25. The number of nitrogens with zero attached hydrogens (tertiary/aromatic N) is 1. The molecule has 0 aliphatic carbocycles. The summed E-state index contributed by atoms with van der Waals surface area (Å²) in [6, 6.07) is 4.83. The first-order valence-electron chi connectivity index (χ1n) is 6.46.